The van der Waals surface area contributed by atoms with Gasteiger partial charge in [0.25, 0.3) is 5.91 Å². The molecule has 5 rings (SSSR count). The number of hydrogen-bond acceptors (Lipinski definition) is 5. The van der Waals surface area contributed by atoms with E-state index in [-0.39, 0.29) is 5.91 Å². The van der Waals surface area contributed by atoms with E-state index in [2.05, 4.69) is 11.2 Å². The minimum absolute atomic E-state index is 0.0618. The molecule has 0 aliphatic carbocycles. The molecule has 0 radical (unpaired) electrons. The second-order valence-electron chi connectivity index (χ2n) is 7.96. The molecule has 2 aromatic carbocycles. The second-order valence-corrected chi connectivity index (χ2v) is 7.96. The highest BCUT2D eigenvalue weighted by Gasteiger charge is 2.46. The summed E-state index contributed by atoms with van der Waals surface area (Å²) in [5.41, 5.74) is 3.28. The molecule has 160 valence electrons. The van der Waals surface area contributed by atoms with E-state index < -0.39 is 5.60 Å². The quantitative estimate of drug-likeness (QED) is 0.649. The fourth-order valence-electron chi connectivity index (χ4n) is 4.78. The lowest BCUT2D eigenvalue weighted by atomic mass is 9.81. The zero-order valence-electron chi connectivity index (χ0n) is 17.9. The SMILES string of the molecule is COc1cccc(C(=O)N2CCC3(CC2)Oc2ccccc2-c2c3cnn2C)c1OC. The average Bonchev–Trinajstić information content (AvgIpc) is 3.21. The average molecular weight is 419 g/mol. The first-order valence-corrected chi connectivity index (χ1v) is 10.4. The van der Waals surface area contributed by atoms with Crippen LogP contribution in [0.15, 0.2) is 48.7 Å². The van der Waals surface area contributed by atoms with Crippen LogP contribution in [0.1, 0.15) is 28.8 Å². The number of nitrogens with zero attached hydrogens (tertiary/aromatic N) is 3. The molecule has 1 fully saturated rings. The Morgan fingerprint density at radius 2 is 1.84 bits per heavy atom. The zero-order chi connectivity index (χ0) is 21.6. The normalized spacial score (nSPS) is 16.3. The number of carbonyl (C=O) groups excluding carboxylic acids is 1. The number of methoxy groups -OCH3 is 2. The summed E-state index contributed by atoms with van der Waals surface area (Å²) < 4.78 is 19.3. The molecule has 1 saturated heterocycles. The second kappa shape index (κ2) is 7.34. The zero-order valence-corrected chi connectivity index (χ0v) is 17.9. The van der Waals surface area contributed by atoms with Crippen molar-refractivity contribution in [2.24, 2.45) is 7.05 Å². The van der Waals surface area contributed by atoms with Gasteiger partial charge in [-0.05, 0) is 24.3 Å². The fourth-order valence-corrected chi connectivity index (χ4v) is 4.78. The van der Waals surface area contributed by atoms with E-state index in [1.165, 1.54) is 0 Å². The highest BCUT2D eigenvalue weighted by atomic mass is 16.5. The number of likely N-dealkylation sites (tertiary alicyclic amines) is 1. The van der Waals surface area contributed by atoms with Crippen LogP contribution in [0.2, 0.25) is 0 Å². The van der Waals surface area contributed by atoms with Crippen LogP contribution in [0.25, 0.3) is 11.3 Å². The Hall–Kier alpha value is -3.48. The van der Waals surface area contributed by atoms with Crippen molar-refractivity contribution in [3.63, 3.8) is 0 Å². The molecule has 7 nitrogen and oxygen atoms in total. The van der Waals surface area contributed by atoms with Crippen molar-refractivity contribution in [1.82, 2.24) is 14.7 Å². The molecule has 3 heterocycles. The molecule has 1 amide bonds. The van der Waals surface area contributed by atoms with Crippen LogP contribution in [0.4, 0.5) is 0 Å². The van der Waals surface area contributed by atoms with Crippen LogP contribution in [0.3, 0.4) is 0 Å². The van der Waals surface area contributed by atoms with Crippen molar-refractivity contribution in [3.05, 3.63) is 59.8 Å². The van der Waals surface area contributed by atoms with Crippen LogP contribution >= 0.6 is 0 Å². The Morgan fingerprint density at radius 3 is 2.58 bits per heavy atom. The summed E-state index contributed by atoms with van der Waals surface area (Å²) in [6.45, 7) is 1.16. The highest BCUT2D eigenvalue weighted by molar-refractivity contribution is 5.98. The molecular formula is C24H25N3O4. The van der Waals surface area contributed by atoms with Gasteiger partial charge >= 0.3 is 0 Å². The van der Waals surface area contributed by atoms with Crippen molar-refractivity contribution >= 4 is 5.91 Å². The molecule has 0 N–H and O–H groups in total. The molecule has 31 heavy (non-hydrogen) atoms. The number of piperidine rings is 1. The molecular weight excluding hydrogens is 394 g/mol. The summed E-state index contributed by atoms with van der Waals surface area (Å²) >= 11 is 0. The number of ether oxygens (including phenoxy) is 3. The minimum atomic E-state index is -0.479. The predicted octanol–water partition coefficient (Wildman–Crippen LogP) is 3.63. The van der Waals surface area contributed by atoms with Gasteiger partial charge in [0.2, 0.25) is 0 Å². The lowest BCUT2D eigenvalue weighted by Crippen LogP contribution is -2.49. The maximum atomic E-state index is 13.3. The molecule has 3 aromatic rings. The number of rotatable bonds is 3. The molecule has 2 aliphatic rings. The third-order valence-electron chi connectivity index (χ3n) is 6.37. The third-order valence-corrected chi connectivity index (χ3v) is 6.37. The Labute approximate surface area is 181 Å². The van der Waals surface area contributed by atoms with E-state index in [1.807, 2.05) is 47.1 Å². The minimum Gasteiger partial charge on any atom is -0.493 e. The van der Waals surface area contributed by atoms with Crippen LogP contribution < -0.4 is 14.2 Å². The first-order chi connectivity index (χ1) is 15.1. The van der Waals surface area contributed by atoms with Gasteiger partial charge < -0.3 is 19.1 Å². The number of benzene rings is 2. The van der Waals surface area contributed by atoms with Crippen LogP contribution in [0, 0.1) is 0 Å². The van der Waals surface area contributed by atoms with E-state index >= 15 is 0 Å². The van der Waals surface area contributed by atoms with E-state index in [0.29, 0.717) is 43.0 Å². The van der Waals surface area contributed by atoms with Crippen molar-refractivity contribution in [2.75, 3.05) is 27.3 Å². The number of para-hydroxylation sites is 2. The molecule has 0 atom stereocenters. The van der Waals surface area contributed by atoms with Crippen molar-refractivity contribution < 1.29 is 19.0 Å². The first-order valence-electron chi connectivity index (χ1n) is 10.4. The number of fused-ring (bicyclic) bond motifs is 4. The van der Waals surface area contributed by atoms with Gasteiger partial charge in [0.15, 0.2) is 11.5 Å². The van der Waals surface area contributed by atoms with Gasteiger partial charge in [-0.3, -0.25) is 9.48 Å². The molecule has 2 aliphatic heterocycles. The lowest BCUT2D eigenvalue weighted by molar-refractivity contribution is -0.00181. The molecule has 0 unspecified atom stereocenters. The predicted molar refractivity (Wildman–Crippen MR) is 116 cm³/mol. The molecule has 7 heteroatoms. The molecule has 0 bridgehead atoms. The summed E-state index contributed by atoms with van der Waals surface area (Å²) in [5, 5.41) is 4.52. The number of carbonyl (C=O) groups is 1. The van der Waals surface area contributed by atoms with Crippen LogP contribution in [0.5, 0.6) is 17.2 Å². The van der Waals surface area contributed by atoms with Gasteiger partial charge in [-0.25, -0.2) is 0 Å². The number of aromatic nitrogens is 2. The van der Waals surface area contributed by atoms with E-state index in [9.17, 15) is 4.79 Å². The summed E-state index contributed by atoms with van der Waals surface area (Å²) in [7, 11) is 5.08. The Bertz CT molecular complexity index is 1150. The van der Waals surface area contributed by atoms with Crippen LogP contribution in [-0.4, -0.2) is 47.9 Å². The van der Waals surface area contributed by atoms with Gasteiger partial charge in [0.05, 0.1) is 31.7 Å². The van der Waals surface area contributed by atoms with Gasteiger partial charge in [-0.2, -0.15) is 5.10 Å². The third kappa shape index (κ3) is 2.95. The molecule has 1 spiro atoms. The van der Waals surface area contributed by atoms with Crippen molar-refractivity contribution in [1.29, 1.82) is 0 Å². The fraction of sp³-hybridized carbons (Fsp3) is 0.333. The first kappa shape index (κ1) is 19.5. The Kier molecular flexibility index (Phi) is 4.61. The largest absolute Gasteiger partial charge is 0.493 e. The molecule has 0 saturated carbocycles. The summed E-state index contributed by atoms with van der Waals surface area (Å²) in [5.74, 6) is 1.82. The maximum Gasteiger partial charge on any atom is 0.257 e. The van der Waals surface area contributed by atoms with Gasteiger partial charge in [0.1, 0.15) is 11.4 Å². The Morgan fingerprint density at radius 1 is 1.06 bits per heavy atom. The standard InChI is InChI=1S/C24H25N3O4/c1-26-21-16-7-4-5-9-19(16)31-24(18(21)15-25-26)11-13-27(14-12-24)23(28)17-8-6-10-20(29-2)22(17)30-3/h4-10,15H,11-14H2,1-3H3. The smallest absolute Gasteiger partial charge is 0.257 e. The maximum absolute atomic E-state index is 13.3. The van der Waals surface area contributed by atoms with Crippen molar-refractivity contribution in [3.8, 4) is 28.5 Å². The van der Waals surface area contributed by atoms with Gasteiger partial charge in [0, 0.05) is 44.1 Å². The van der Waals surface area contributed by atoms with E-state index in [1.54, 1.807) is 26.4 Å². The number of amides is 1. The van der Waals surface area contributed by atoms with Gasteiger partial charge in [-0.15, -0.1) is 0 Å². The van der Waals surface area contributed by atoms with E-state index in [0.717, 1.165) is 22.6 Å². The van der Waals surface area contributed by atoms with E-state index in [4.69, 9.17) is 14.2 Å². The topological polar surface area (TPSA) is 65.8 Å². The summed E-state index contributed by atoms with van der Waals surface area (Å²) in [4.78, 5) is 15.2. The monoisotopic (exact) mass is 419 g/mol. The summed E-state index contributed by atoms with van der Waals surface area (Å²) in [6.07, 6.45) is 3.30. The summed E-state index contributed by atoms with van der Waals surface area (Å²) in [6, 6.07) is 13.4. The van der Waals surface area contributed by atoms with Gasteiger partial charge in [-0.1, -0.05) is 18.2 Å². The van der Waals surface area contributed by atoms with Crippen LogP contribution in [-0.2, 0) is 12.6 Å². The lowest BCUT2D eigenvalue weighted by Gasteiger charge is -2.44. The van der Waals surface area contributed by atoms with Crippen molar-refractivity contribution in [2.45, 2.75) is 18.4 Å². The molecule has 1 aromatic heterocycles. The number of hydrogen-bond donors (Lipinski definition) is 0. The Balaban J connectivity index is 1.43. The number of aryl methyl sites for hydroxylation is 1. The highest BCUT2D eigenvalue weighted by Crippen LogP contribution is 2.49.